The average Bonchev–Trinajstić information content (AvgIpc) is 2.65. The van der Waals surface area contributed by atoms with Gasteiger partial charge in [0.1, 0.15) is 6.54 Å². The molecule has 0 saturated heterocycles. The predicted molar refractivity (Wildman–Crippen MR) is 66.1 cm³/mol. The van der Waals surface area contributed by atoms with Gasteiger partial charge in [0.2, 0.25) is 0 Å². The first kappa shape index (κ1) is 14.2. The van der Waals surface area contributed by atoms with E-state index in [-0.39, 0.29) is 18.5 Å². The molecule has 1 heterocycles. The molecule has 1 aromatic heterocycles. The maximum atomic E-state index is 12.3. The van der Waals surface area contributed by atoms with Gasteiger partial charge in [-0.2, -0.15) is 5.10 Å². The lowest BCUT2D eigenvalue weighted by Gasteiger charge is -2.25. The minimum absolute atomic E-state index is 0.0542. The van der Waals surface area contributed by atoms with Crippen LogP contribution in [0.4, 0.5) is 0 Å². The van der Waals surface area contributed by atoms with Crippen molar-refractivity contribution < 1.29 is 14.3 Å². The van der Waals surface area contributed by atoms with Crippen LogP contribution in [0.1, 0.15) is 29.9 Å². The van der Waals surface area contributed by atoms with Gasteiger partial charge in [-0.15, -0.1) is 0 Å². The van der Waals surface area contributed by atoms with E-state index >= 15 is 0 Å². The maximum absolute atomic E-state index is 12.3. The Morgan fingerprint density at radius 2 is 2.11 bits per heavy atom. The molecular weight excluding hydrogens is 234 g/mol. The third-order valence-electron chi connectivity index (χ3n) is 2.88. The van der Waals surface area contributed by atoms with Crippen LogP contribution < -0.4 is 0 Å². The van der Waals surface area contributed by atoms with Gasteiger partial charge in [0, 0.05) is 18.8 Å². The van der Waals surface area contributed by atoms with Gasteiger partial charge in [0.25, 0.3) is 5.91 Å². The number of amides is 1. The van der Waals surface area contributed by atoms with E-state index in [1.807, 2.05) is 20.8 Å². The smallest absolute Gasteiger partial charge is 0.325 e. The Labute approximate surface area is 107 Å². The molecule has 0 N–H and O–H groups in total. The van der Waals surface area contributed by atoms with Gasteiger partial charge >= 0.3 is 5.97 Å². The van der Waals surface area contributed by atoms with Crippen molar-refractivity contribution in [2.45, 2.75) is 26.8 Å². The Hall–Kier alpha value is -1.85. The normalized spacial score (nSPS) is 10.6. The molecule has 0 aliphatic rings. The van der Waals surface area contributed by atoms with Gasteiger partial charge in [-0.1, -0.05) is 0 Å². The molecule has 1 aromatic rings. The number of aryl methyl sites for hydroxylation is 1. The van der Waals surface area contributed by atoms with Crippen molar-refractivity contribution in [1.29, 1.82) is 0 Å². The summed E-state index contributed by atoms with van der Waals surface area (Å²) in [5.74, 6) is -0.639. The van der Waals surface area contributed by atoms with Gasteiger partial charge in [0.15, 0.2) is 0 Å². The molecule has 18 heavy (non-hydrogen) atoms. The highest BCUT2D eigenvalue weighted by Crippen LogP contribution is 2.12. The van der Waals surface area contributed by atoms with E-state index in [4.69, 9.17) is 0 Å². The molecule has 0 atom stereocenters. The van der Waals surface area contributed by atoms with Gasteiger partial charge in [0.05, 0.1) is 18.9 Å². The summed E-state index contributed by atoms with van der Waals surface area (Å²) in [5.41, 5.74) is 1.28. The predicted octanol–water partition coefficient (Wildman–Crippen LogP) is 0.752. The molecule has 1 amide bonds. The fraction of sp³-hybridized carbons (Fsp3) is 0.583. The van der Waals surface area contributed by atoms with Crippen molar-refractivity contribution in [2.75, 3.05) is 13.7 Å². The minimum atomic E-state index is -0.432. The van der Waals surface area contributed by atoms with Crippen LogP contribution in [-0.2, 0) is 16.6 Å². The first-order valence-electron chi connectivity index (χ1n) is 5.74. The molecule has 0 aliphatic carbocycles. The summed E-state index contributed by atoms with van der Waals surface area (Å²) in [6.07, 6.45) is 1.52. The molecule has 0 saturated carbocycles. The summed E-state index contributed by atoms with van der Waals surface area (Å²) in [5, 5.41) is 4.03. The highest BCUT2D eigenvalue weighted by Gasteiger charge is 2.24. The monoisotopic (exact) mass is 253 g/mol. The number of nitrogens with zero attached hydrogens (tertiary/aromatic N) is 3. The summed E-state index contributed by atoms with van der Waals surface area (Å²) >= 11 is 0. The molecule has 0 aliphatic heterocycles. The number of carbonyl (C=O) groups excluding carboxylic acids is 2. The second kappa shape index (κ2) is 5.66. The summed E-state index contributed by atoms with van der Waals surface area (Å²) in [6.45, 7) is 5.47. The third kappa shape index (κ3) is 2.88. The highest BCUT2D eigenvalue weighted by atomic mass is 16.5. The Morgan fingerprint density at radius 3 is 2.50 bits per heavy atom. The Morgan fingerprint density at radius 1 is 1.50 bits per heavy atom. The largest absolute Gasteiger partial charge is 0.468 e. The van der Waals surface area contributed by atoms with Gasteiger partial charge < -0.3 is 9.64 Å². The molecule has 6 nitrogen and oxygen atoms in total. The van der Waals surface area contributed by atoms with Crippen LogP contribution in [0.2, 0.25) is 0 Å². The summed E-state index contributed by atoms with van der Waals surface area (Å²) in [6, 6.07) is -0.0868. The number of carbonyl (C=O) groups is 2. The molecule has 0 fully saturated rings. The van der Waals surface area contributed by atoms with Crippen molar-refractivity contribution in [3.63, 3.8) is 0 Å². The molecule has 6 heteroatoms. The van der Waals surface area contributed by atoms with Crippen molar-refractivity contribution in [3.8, 4) is 0 Å². The lowest BCUT2D eigenvalue weighted by Crippen LogP contribution is -2.41. The first-order chi connectivity index (χ1) is 8.38. The molecule has 0 radical (unpaired) electrons. The number of hydrogen-bond acceptors (Lipinski definition) is 4. The maximum Gasteiger partial charge on any atom is 0.325 e. The fourth-order valence-electron chi connectivity index (χ4n) is 1.56. The van der Waals surface area contributed by atoms with Crippen LogP contribution in [0.25, 0.3) is 0 Å². The molecule has 0 spiro atoms. The van der Waals surface area contributed by atoms with E-state index in [1.165, 1.54) is 18.2 Å². The molecule has 0 unspecified atom stereocenters. The van der Waals surface area contributed by atoms with E-state index in [9.17, 15) is 9.59 Å². The SMILES string of the molecule is COC(=O)CN(C(=O)c1cnn(C)c1C)C(C)C. The molecule has 1 rings (SSSR count). The molecule has 0 aromatic carbocycles. The quantitative estimate of drug-likeness (QED) is 0.743. The third-order valence-corrected chi connectivity index (χ3v) is 2.88. The van der Waals surface area contributed by atoms with Crippen molar-refractivity contribution in [2.24, 2.45) is 7.05 Å². The average molecular weight is 253 g/mol. The summed E-state index contributed by atoms with van der Waals surface area (Å²) in [4.78, 5) is 25.1. The van der Waals surface area contributed by atoms with Gasteiger partial charge in [-0.25, -0.2) is 0 Å². The van der Waals surface area contributed by atoms with Crippen molar-refractivity contribution >= 4 is 11.9 Å². The fourth-order valence-corrected chi connectivity index (χ4v) is 1.56. The van der Waals surface area contributed by atoms with Crippen LogP contribution in [0.3, 0.4) is 0 Å². The second-order valence-electron chi connectivity index (χ2n) is 4.37. The van der Waals surface area contributed by atoms with E-state index in [0.29, 0.717) is 5.56 Å². The Kier molecular flexibility index (Phi) is 4.47. The number of aromatic nitrogens is 2. The minimum Gasteiger partial charge on any atom is -0.468 e. The zero-order chi connectivity index (χ0) is 13.9. The van der Waals surface area contributed by atoms with Gasteiger partial charge in [-0.3, -0.25) is 14.3 Å². The molecule has 100 valence electrons. The lowest BCUT2D eigenvalue weighted by molar-refractivity contribution is -0.141. The van der Waals surface area contributed by atoms with Crippen LogP contribution in [0.15, 0.2) is 6.20 Å². The van der Waals surface area contributed by atoms with Crippen molar-refractivity contribution in [1.82, 2.24) is 14.7 Å². The summed E-state index contributed by atoms with van der Waals surface area (Å²) in [7, 11) is 3.08. The van der Waals surface area contributed by atoms with E-state index in [2.05, 4.69) is 9.84 Å². The number of ether oxygens (including phenoxy) is 1. The topological polar surface area (TPSA) is 64.4 Å². The van der Waals surface area contributed by atoms with Crippen LogP contribution in [0.5, 0.6) is 0 Å². The van der Waals surface area contributed by atoms with Crippen LogP contribution in [-0.4, -0.2) is 46.3 Å². The second-order valence-corrected chi connectivity index (χ2v) is 4.37. The zero-order valence-electron chi connectivity index (χ0n) is 11.4. The summed E-state index contributed by atoms with van der Waals surface area (Å²) < 4.78 is 6.23. The lowest BCUT2D eigenvalue weighted by atomic mass is 10.2. The number of methoxy groups -OCH3 is 1. The Balaban J connectivity index is 2.96. The molecular formula is C12H19N3O3. The highest BCUT2D eigenvalue weighted by molar-refractivity contribution is 5.96. The van der Waals surface area contributed by atoms with E-state index < -0.39 is 5.97 Å². The first-order valence-corrected chi connectivity index (χ1v) is 5.74. The van der Waals surface area contributed by atoms with Gasteiger partial charge in [-0.05, 0) is 20.8 Å². The number of rotatable bonds is 4. The van der Waals surface area contributed by atoms with Crippen LogP contribution in [0, 0.1) is 6.92 Å². The number of esters is 1. The molecule has 0 bridgehead atoms. The van der Waals surface area contributed by atoms with E-state index in [0.717, 1.165) is 5.69 Å². The number of hydrogen-bond donors (Lipinski definition) is 0. The van der Waals surface area contributed by atoms with Crippen molar-refractivity contribution in [3.05, 3.63) is 17.5 Å². The van der Waals surface area contributed by atoms with Crippen LogP contribution >= 0.6 is 0 Å². The standard InChI is InChI=1S/C12H19N3O3/c1-8(2)15(7-11(16)18-5)12(17)10-6-13-14(4)9(10)3/h6,8H,7H2,1-5H3. The zero-order valence-corrected chi connectivity index (χ0v) is 11.4. The Bertz CT molecular complexity index is 451. The van der Waals surface area contributed by atoms with E-state index in [1.54, 1.807) is 11.7 Å².